The van der Waals surface area contributed by atoms with Crippen LogP contribution in [0.5, 0.6) is 5.75 Å². The van der Waals surface area contributed by atoms with Crippen LogP contribution in [-0.4, -0.2) is 31.6 Å². The van der Waals surface area contributed by atoms with Gasteiger partial charge >= 0.3 is 0 Å². The van der Waals surface area contributed by atoms with Crippen molar-refractivity contribution in [2.75, 3.05) is 30.5 Å². The van der Waals surface area contributed by atoms with Crippen LogP contribution >= 0.6 is 11.6 Å². The van der Waals surface area contributed by atoms with Crippen molar-refractivity contribution < 1.29 is 9.53 Å². The fraction of sp³-hybridized carbons (Fsp3) is 0.154. The summed E-state index contributed by atoms with van der Waals surface area (Å²) >= 11 is 6.25. The molecule has 3 aromatic carbocycles. The minimum atomic E-state index is -0.109. The zero-order valence-electron chi connectivity index (χ0n) is 17.9. The molecule has 1 amide bonds. The highest BCUT2D eigenvalue weighted by Crippen LogP contribution is 2.36. The summed E-state index contributed by atoms with van der Waals surface area (Å²) < 4.78 is 5.35. The molecule has 0 atom stereocenters. The van der Waals surface area contributed by atoms with Gasteiger partial charge < -0.3 is 14.5 Å². The van der Waals surface area contributed by atoms with Crippen molar-refractivity contribution in [3.63, 3.8) is 0 Å². The highest BCUT2D eigenvalue weighted by molar-refractivity contribution is 6.34. The Hall–Kier alpha value is -3.57. The summed E-state index contributed by atoms with van der Waals surface area (Å²) in [5.74, 6) is 1.64. The van der Waals surface area contributed by atoms with Crippen molar-refractivity contribution in [1.29, 1.82) is 0 Å². The van der Waals surface area contributed by atoms with E-state index in [1.165, 1.54) is 5.56 Å². The molecule has 4 aromatic rings. The van der Waals surface area contributed by atoms with Crippen LogP contribution in [0.1, 0.15) is 15.9 Å². The largest absolute Gasteiger partial charge is 0.497 e. The molecule has 5 nitrogen and oxygen atoms in total. The number of aromatic nitrogens is 1. The van der Waals surface area contributed by atoms with Crippen LogP contribution in [0.4, 0.5) is 17.2 Å². The third kappa shape index (κ3) is 3.55. The van der Waals surface area contributed by atoms with E-state index >= 15 is 0 Å². The van der Waals surface area contributed by atoms with E-state index in [-0.39, 0.29) is 5.91 Å². The van der Waals surface area contributed by atoms with Crippen molar-refractivity contribution in [3.8, 4) is 5.75 Å². The molecule has 0 aliphatic carbocycles. The Kier molecular flexibility index (Phi) is 5.19. The average Bonchev–Trinajstić information content (AvgIpc) is 3.24. The minimum absolute atomic E-state index is 0.109. The number of hydrogen-bond acceptors (Lipinski definition) is 4. The highest BCUT2D eigenvalue weighted by atomic mass is 35.5. The normalized spacial score (nSPS) is 12.7. The molecule has 0 spiro atoms. The van der Waals surface area contributed by atoms with Gasteiger partial charge in [0.2, 0.25) is 0 Å². The van der Waals surface area contributed by atoms with E-state index in [4.69, 9.17) is 21.3 Å². The highest BCUT2D eigenvalue weighted by Gasteiger charge is 2.23. The molecule has 0 radical (unpaired) electrons. The topological polar surface area (TPSA) is 45.7 Å². The van der Waals surface area contributed by atoms with Gasteiger partial charge in [-0.1, -0.05) is 23.7 Å². The summed E-state index contributed by atoms with van der Waals surface area (Å²) in [6.07, 6.45) is 0.931. The molecule has 160 valence electrons. The van der Waals surface area contributed by atoms with Crippen LogP contribution in [-0.2, 0) is 6.42 Å². The molecule has 1 aliphatic heterocycles. The first-order chi connectivity index (χ1) is 15.5. The number of methoxy groups -OCH3 is 1. The molecule has 0 N–H and O–H groups in total. The number of anilines is 3. The monoisotopic (exact) mass is 443 g/mol. The SMILES string of the molecule is COc1ccc2cc3c(nc2c1)N(c1ccc(C(=O)N(C)c2ccccc2Cl)cc1)CC3. The second-order valence-corrected chi connectivity index (χ2v) is 8.20. The smallest absolute Gasteiger partial charge is 0.258 e. The van der Waals surface area contributed by atoms with Crippen molar-refractivity contribution in [3.05, 3.63) is 88.9 Å². The van der Waals surface area contributed by atoms with E-state index in [1.807, 2.05) is 60.7 Å². The van der Waals surface area contributed by atoms with Crippen LogP contribution in [0.2, 0.25) is 5.02 Å². The quantitative estimate of drug-likeness (QED) is 0.396. The van der Waals surface area contributed by atoms with Crippen molar-refractivity contribution >= 4 is 45.6 Å². The Balaban J connectivity index is 1.42. The summed E-state index contributed by atoms with van der Waals surface area (Å²) in [5, 5.41) is 1.65. The van der Waals surface area contributed by atoms with E-state index in [1.54, 1.807) is 25.1 Å². The van der Waals surface area contributed by atoms with Gasteiger partial charge in [0.1, 0.15) is 11.6 Å². The summed E-state index contributed by atoms with van der Waals surface area (Å²) in [6.45, 7) is 0.850. The number of amides is 1. The Morgan fingerprint density at radius 2 is 1.84 bits per heavy atom. The first-order valence-corrected chi connectivity index (χ1v) is 10.8. The number of para-hydroxylation sites is 1. The van der Waals surface area contributed by atoms with Gasteiger partial charge in [-0.15, -0.1) is 0 Å². The molecule has 32 heavy (non-hydrogen) atoms. The number of hydrogen-bond donors (Lipinski definition) is 0. The number of halogens is 1. The first kappa shape index (κ1) is 20.3. The summed E-state index contributed by atoms with van der Waals surface area (Å²) in [7, 11) is 3.39. The third-order valence-corrected chi connectivity index (χ3v) is 6.21. The summed E-state index contributed by atoms with van der Waals surface area (Å²) in [4.78, 5) is 21.6. The van der Waals surface area contributed by atoms with Gasteiger partial charge in [-0.3, -0.25) is 4.79 Å². The fourth-order valence-corrected chi connectivity index (χ4v) is 4.39. The number of nitrogens with zero attached hydrogens (tertiary/aromatic N) is 3. The number of carbonyl (C=O) groups excluding carboxylic acids is 1. The molecule has 2 heterocycles. The Bertz CT molecular complexity index is 1320. The second-order valence-electron chi connectivity index (χ2n) is 7.79. The molecule has 1 aliphatic rings. The Morgan fingerprint density at radius 3 is 2.59 bits per heavy atom. The van der Waals surface area contributed by atoms with Crippen LogP contribution in [0, 0.1) is 0 Å². The van der Waals surface area contributed by atoms with Gasteiger partial charge in [0.25, 0.3) is 5.91 Å². The predicted molar refractivity (Wildman–Crippen MR) is 130 cm³/mol. The van der Waals surface area contributed by atoms with E-state index < -0.39 is 0 Å². The molecule has 6 heteroatoms. The summed E-state index contributed by atoms with van der Waals surface area (Å²) in [5.41, 5.74) is 4.43. The number of benzene rings is 3. The molecule has 0 saturated carbocycles. The zero-order chi connectivity index (χ0) is 22.2. The first-order valence-electron chi connectivity index (χ1n) is 10.4. The van der Waals surface area contributed by atoms with Crippen molar-refractivity contribution in [1.82, 2.24) is 4.98 Å². The Morgan fingerprint density at radius 1 is 1.06 bits per heavy atom. The number of rotatable bonds is 4. The van der Waals surface area contributed by atoms with Gasteiger partial charge in [0.15, 0.2) is 0 Å². The van der Waals surface area contributed by atoms with E-state index in [0.717, 1.165) is 41.1 Å². The zero-order valence-corrected chi connectivity index (χ0v) is 18.6. The number of fused-ring (bicyclic) bond motifs is 2. The summed E-state index contributed by atoms with van der Waals surface area (Å²) in [6, 6.07) is 23.1. The number of pyridine rings is 1. The van der Waals surface area contributed by atoms with Gasteiger partial charge in [0, 0.05) is 36.3 Å². The average molecular weight is 444 g/mol. The standard InChI is InChI=1S/C26H22ClN3O2/c1-29(24-6-4-3-5-22(24)27)26(31)17-7-10-20(11-8-17)30-14-13-19-15-18-9-12-21(32-2)16-23(18)28-25(19)30/h3-12,15-16H,13-14H2,1-2H3. The minimum Gasteiger partial charge on any atom is -0.497 e. The van der Waals surface area contributed by atoms with Gasteiger partial charge in [-0.25, -0.2) is 4.98 Å². The Labute approximate surface area is 191 Å². The number of carbonyl (C=O) groups is 1. The fourth-order valence-electron chi connectivity index (χ4n) is 4.13. The maximum atomic E-state index is 13.0. The van der Waals surface area contributed by atoms with Gasteiger partial charge in [-0.2, -0.15) is 0 Å². The second kappa shape index (κ2) is 8.17. The molecule has 0 bridgehead atoms. The van der Waals surface area contributed by atoms with Gasteiger partial charge in [-0.05, 0) is 66.6 Å². The molecular weight excluding hydrogens is 422 g/mol. The van der Waals surface area contributed by atoms with Crippen LogP contribution < -0.4 is 14.5 Å². The molecule has 0 unspecified atom stereocenters. The number of ether oxygens (including phenoxy) is 1. The van der Waals surface area contributed by atoms with E-state index in [0.29, 0.717) is 16.3 Å². The van der Waals surface area contributed by atoms with Crippen molar-refractivity contribution in [2.24, 2.45) is 0 Å². The maximum absolute atomic E-state index is 13.0. The van der Waals surface area contributed by atoms with E-state index in [9.17, 15) is 4.79 Å². The molecule has 0 saturated heterocycles. The molecule has 5 rings (SSSR count). The van der Waals surface area contributed by atoms with Crippen LogP contribution in [0.15, 0.2) is 72.8 Å². The third-order valence-electron chi connectivity index (χ3n) is 5.89. The lowest BCUT2D eigenvalue weighted by Gasteiger charge is -2.21. The predicted octanol–water partition coefficient (Wildman–Crippen LogP) is 5.87. The van der Waals surface area contributed by atoms with Crippen LogP contribution in [0.3, 0.4) is 0 Å². The van der Waals surface area contributed by atoms with Crippen molar-refractivity contribution in [2.45, 2.75) is 6.42 Å². The molecule has 1 aromatic heterocycles. The van der Waals surface area contributed by atoms with E-state index in [2.05, 4.69) is 11.0 Å². The lowest BCUT2D eigenvalue weighted by atomic mass is 10.1. The lowest BCUT2D eigenvalue weighted by molar-refractivity contribution is 0.0993. The molecular formula is C26H22ClN3O2. The molecule has 0 fully saturated rings. The van der Waals surface area contributed by atoms with Crippen LogP contribution in [0.25, 0.3) is 10.9 Å². The van der Waals surface area contributed by atoms with Gasteiger partial charge in [0.05, 0.1) is 23.3 Å². The lowest BCUT2D eigenvalue weighted by Crippen LogP contribution is -2.26. The maximum Gasteiger partial charge on any atom is 0.258 e.